The third-order valence-corrected chi connectivity index (χ3v) is 2.60. The van der Waals surface area contributed by atoms with Crippen LogP contribution in [0.4, 0.5) is 5.82 Å². The van der Waals surface area contributed by atoms with Gasteiger partial charge in [0.25, 0.3) is 0 Å². The van der Waals surface area contributed by atoms with Crippen molar-refractivity contribution in [1.29, 1.82) is 0 Å². The zero-order chi connectivity index (χ0) is 11.2. The summed E-state index contributed by atoms with van der Waals surface area (Å²) in [4.78, 5) is 11.0. The van der Waals surface area contributed by atoms with Gasteiger partial charge in [0.05, 0.1) is 0 Å². The van der Waals surface area contributed by atoms with Gasteiger partial charge in [-0.05, 0) is 35.4 Å². The van der Waals surface area contributed by atoms with Crippen LogP contribution in [0.3, 0.4) is 0 Å². The lowest BCUT2D eigenvalue weighted by atomic mass is 10.3. The molecule has 0 saturated heterocycles. The molecule has 3 rings (SSSR count). The summed E-state index contributed by atoms with van der Waals surface area (Å²) in [6, 6.07) is 3.34. The van der Waals surface area contributed by atoms with E-state index in [0.29, 0.717) is 24.3 Å². The molecule has 8 heteroatoms. The lowest BCUT2D eigenvalue weighted by Gasteiger charge is -2.12. The summed E-state index contributed by atoms with van der Waals surface area (Å²) in [5.74, 6) is -0.397. The summed E-state index contributed by atoms with van der Waals surface area (Å²) in [6.45, 7) is 0. The van der Waals surface area contributed by atoms with Crippen molar-refractivity contribution in [3.63, 3.8) is 0 Å². The molecule has 1 aliphatic rings. The SMILES string of the molecule is O=C(O)C1(Nc2ccc3nnnn3n2)CC1. The highest BCUT2D eigenvalue weighted by Crippen LogP contribution is 2.38. The van der Waals surface area contributed by atoms with Gasteiger partial charge in [0, 0.05) is 0 Å². The molecule has 0 atom stereocenters. The fourth-order valence-corrected chi connectivity index (χ4v) is 1.48. The first-order valence-corrected chi connectivity index (χ1v) is 4.77. The third kappa shape index (κ3) is 1.27. The largest absolute Gasteiger partial charge is 0.480 e. The van der Waals surface area contributed by atoms with Gasteiger partial charge in [-0.25, -0.2) is 4.79 Å². The average molecular weight is 220 g/mol. The number of carboxylic acid groups (broad SMARTS) is 1. The summed E-state index contributed by atoms with van der Waals surface area (Å²) in [7, 11) is 0. The lowest BCUT2D eigenvalue weighted by Crippen LogP contribution is -2.32. The van der Waals surface area contributed by atoms with Crippen LogP contribution in [0, 0.1) is 0 Å². The number of nitrogens with one attached hydrogen (secondary N) is 1. The fraction of sp³-hybridized carbons (Fsp3) is 0.375. The number of tetrazole rings is 1. The van der Waals surface area contributed by atoms with Crippen LogP contribution < -0.4 is 5.32 Å². The van der Waals surface area contributed by atoms with E-state index in [0.717, 1.165) is 0 Å². The van der Waals surface area contributed by atoms with Crippen molar-refractivity contribution in [3.8, 4) is 0 Å². The minimum atomic E-state index is -0.855. The first-order valence-electron chi connectivity index (χ1n) is 4.77. The van der Waals surface area contributed by atoms with Gasteiger partial charge in [0.1, 0.15) is 11.4 Å². The van der Waals surface area contributed by atoms with Crippen LogP contribution in [0.2, 0.25) is 0 Å². The van der Waals surface area contributed by atoms with Crippen molar-refractivity contribution >= 4 is 17.4 Å². The van der Waals surface area contributed by atoms with E-state index in [2.05, 4.69) is 25.9 Å². The maximum Gasteiger partial charge on any atom is 0.329 e. The molecular weight excluding hydrogens is 212 g/mol. The van der Waals surface area contributed by atoms with E-state index in [1.54, 1.807) is 12.1 Å². The molecule has 1 aliphatic carbocycles. The molecule has 1 saturated carbocycles. The zero-order valence-electron chi connectivity index (χ0n) is 8.16. The Kier molecular flexibility index (Phi) is 1.62. The molecule has 0 amide bonds. The molecular formula is C8H8N6O2. The minimum Gasteiger partial charge on any atom is -0.480 e. The first-order chi connectivity index (χ1) is 7.70. The van der Waals surface area contributed by atoms with Crippen LogP contribution in [-0.2, 0) is 4.79 Å². The van der Waals surface area contributed by atoms with Crippen LogP contribution in [0.1, 0.15) is 12.8 Å². The van der Waals surface area contributed by atoms with E-state index in [9.17, 15) is 4.79 Å². The summed E-state index contributed by atoms with van der Waals surface area (Å²) in [5.41, 5.74) is -0.333. The van der Waals surface area contributed by atoms with Crippen LogP contribution in [0.15, 0.2) is 12.1 Å². The molecule has 16 heavy (non-hydrogen) atoms. The van der Waals surface area contributed by atoms with Crippen molar-refractivity contribution in [2.75, 3.05) is 5.32 Å². The van der Waals surface area contributed by atoms with Crippen LogP contribution in [0.5, 0.6) is 0 Å². The van der Waals surface area contributed by atoms with Crippen molar-refractivity contribution in [2.45, 2.75) is 18.4 Å². The number of carboxylic acids is 1. The number of aliphatic carboxylic acids is 1. The number of carbonyl (C=O) groups is 1. The molecule has 1 fully saturated rings. The van der Waals surface area contributed by atoms with E-state index >= 15 is 0 Å². The van der Waals surface area contributed by atoms with Gasteiger partial charge in [0.15, 0.2) is 5.65 Å². The Labute approximate surface area is 89.3 Å². The standard InChI is InChI=1S/C8H8N6O2/c15-7(16)8(3-4-8)9-5-1-2-6-10-12-13-14(6)11-5/h1-2H,3-4H2,(H,9,11)(H,15,16). The van der Waals surface area contributed by atoms with Crippen LogP contribution >= 0.6 is 0 Å². The Bertz CT molecular complexity index is 560. The molecule has 0 spiro atoms. The Hall–Kier alpha value is -2.25. The van der Waals surface area contributed by atoms with Crippen molar-refractivity contribution in [2.24, 2.45) is 0 Å². The lowest BCUT2D eigenvalue weighted by molar-refractivity contribution is -0.138. The van der Waals surface area contributed by atoms with Crippen molar-refractivity contribution < 1.29 is 9.90 Å². The summed E-state index contributed by atoms with van der Waals surface area (Å²) >= 11 is 0. The highest BCUT2D eigenvalue weighted by molar-refractivity contribution is 5.85. The molecule has 82 valence electrons. The molecule has 0 aliphatic heterocycles. The molecule has 2 aromatic heterocycles. The van der Waals surface area contributed by atoms with Gasteiger partial charge in [-0.2, -0.15) is 0 Å². The number of hydrogen-bond donors (Lipinski definition) is 2. The molecule has 0 aromatic carbocycles. The van der Waals surface area contributed by atoms with E-state index in [1.807, 2.05) is 0 Å². The second-order valence-electron chi connectivity index (χ2n) is 3.76. The van der Waals surface area contributed by atoms with Gasteiger partial charge in [-0.3, -0.25) is 0 Å². The maximum absolute atomic E-state index is 11.0. The Morgan fingerprint density at radius 1 is 1.50 bits per heavy atom. The van der Waals surface area contributed by atoms with Crippen LogP contribution in [-0.4, -0.2) is 41.9 Å². The van der Waals surface area contributed by atoms with E-state index < -0.39 is 11.5 Å². The second-order valence-corrected chi connectivity index (χ2v) is 3.76. The minimum absolute atomic E-state index is 0.458. The van der Waals surface area contributed by atoms with Gasteiger partial charge in [-0.15, -0.1) is 14.8 Å². The quantitative estimate of drug-likeness (QED) is 0.721. The molecule has 2 N–H and O–H groups in total. The predicted octanol–water partition coefficient (Wildman–Crippen LogP) is -0.452. The molecule has 8 nitrogen and oxygen atoms in total. The van der Waals surface area contributed by atoms with E-state index in [1.165, 1.54) is 4.63 Å². The Morgan fingerprint density at radius 2 is 2.31 bits per heavy atom. The number of anilines is 1. The number of nitrogens with zero attached hydrogens (tertiary/aromatic N) is 5. The number of aromatic nitrogens is 5. The van der Waals surface area contributed by atoms with Gasteiger partial charge >= 0.3 is 5.97 Å². The molecule has 2 aromatic rings. The monoisotopic (exact) mass is 220 g/mol. The average Bonchev–Trinajstić information content (AvgIpc) is 2.90. The highest BCUT2D eigenvalue weighted by Gasteiger charge is 2.50. The van der Waals surface area contributed by atoms with Gasteiger partial charge < -0.3 is 10.4 Å². The normalized spacial score (nSPS) is 17.2. The van der Waals surface area contributed by atoms with E-state index in [4.69, 9.17) is 5.11 Å². The summed E-state index contributed by atoms with van der Waals surface area (Å²) in [5, 5.41) is 26.7. The number of fused-ring (bicyclic) bond motifs is 1. The van der Waals surface area contributed by atoms with Gasteiger partial charge in [-0.1, -0.05) is 0 Å². The second kappa shape index (κ2) is 2.87. The van der Waals surface area contributed by atoms with E-state index in [-0.39, 0.29) is 0 Å². The number of hydrogen-bond acceptors (Lipinski definition) is 6. The Morgan fingerprint density at radius 3 is 3.00 bits per heavy atom. The smallest absolute Gasteiger partial charge is 0.329 e. The first kappa shape index (κ1) is 9.01. The topological polar surface area (TPSA) is 105 Å². The Balaban J connectivity index is 1.92. The zero-order valence-corrected chi connectivity index (χ0v) is 8.16. The van der Waals surface area contributed by atoms with Crippen LogP contribution in [0.25, 0.3) is 5.65 Å². The maximum atomic E-state index is 11.0. The molecule has 2 heterocycles. The molecule has 0 unspecified atom stereocenters. The van der Waals surface area contributed by atoms with Crippen molar-refractivity contribution in [3.05, 3.63) is 12.1 Å². The summed E-state index contributed by atoms with van der Waals surface area (Å²) < 4.78 is 1.25. The highest BCUT2D eigenvalue weighted by atomic mass is 16.4. The molecule has 0 bridgehead atoms. The fourth-order valence-electron chi connectivity index (χ4n) is 1.48. The third-order valence-electron chi connectivity index (χ3n) is 2.60. The summed E-state index contributed by atoms with van der Waals surface area (Å²) in [6.07, 6.45) is 1.22. The predicted molar refractivity (Wildman–Crippen MR) is 51.8 cm³/mol. The molecule has 0 radical (unpaired) electrons. The van der Waals surface area contributed by atoms with Gasteiger partial charge in [0.2, 0.25) is 0 Å². The van der Waals surface area contributed by atoms with Crippen molar-refractivity contribution in [1.82, 2.24) is 25.3 Å². The number of rotatable bonds is 3.